The first kappa shape index (κ1) is 20.5. The molecule has 2 heterocycles. The number of benzene rings is 2. The highest BCUT2D eigenvalue weighted by atomic mass is 32.1. The quantitative estimate of drug-likeness (QED) is 0.591. The van der Waals surface area contributed by atoms with Gasteiger partial charge in [0.25, 0.3) is 5.91 Å². The molecule has 0 radical (unpaired) electrons. The maximum Gasteiger partial charge on any atom is 0.253 e. The highest BCUT2D eigenvalue weighted by Gasteiger charge is 2.23. The molecule has 0 saturated carbocycles. The van der Waals surface area contributed by atoms with E-state index in [-0.39, 0.29) is 11.7 Å². The number of aromatic nitrogens is 1. The summed E-state index contributed by atoms with van der Waals surface area (Å²) in [6.45, 7) is 6.33. The lowest BCUT2D eigenvalue weighted by Gasteiger charge is -2.34. The van der Waals surface area contributed by atoms with Crippen LogP contribution in [0.3, 0.4) is 0 Å². The number of thiazole rings is 1. The zero-order chi connectivity index (χ0) is 20.9. The first-order valence-corrected chi connectivity index (χ1v) is 10.9. The van der Waals surface area contributed by atoms with Crippen LogP contribution in [0.2, 0.25) is 0 Å². The molecule has 4 rings (SSSR count). The van der Waals surface area contributed by atoms with Crippen LogP contribution in [-0.2, 0) is 6.54 Å². The van der Waals surface area contributed by atoms with E-state index < -0.39 is 0 Å². The van der Waals surface area contributed by atoms with Crippen molar-refractivity contribution in [3.63, 3.8) is 0 Å². The van der Waals surface area contributed by atoms with Crippen LogP contribution in [0.5, 0.6) is 5.75 Å². The second kappa shape index (κ2) is 9.36. The van der Waals surface area contributed by atoms with Crippen LogP contribution in [-0.4, -0.2) is 53.5 Å². The molecule has 1 amide bonds. The van der Waals surface area contributed by atoms with Gasteiger partial charge in [0.15, 0.2) is 0 Å². The SMILES string of the molecule is CCOc1ccc(C(=O)N2CCN(Cc3nc(-c4ccc(F)cc4)cs3)CC2)cc1. The fraction of sp³-hybridized carbons (Fsp3) is 0.304. The van der Waals surface area contributed by atoms with Crippen molar-refractivity contribution >= 4 is 17.2 Å². The average Bonchev–Trinajstić information content (AvgIpc) is 3.23. The van der Waals surface area contributed by atoms with Crippen molar-refractivity contribution in [3.05, 3.63) is 70.3 Å². The largest absolute Gasteiger partial charge is 0.494 e. The number of hydrogen-bond acceptors (Lipinski definition) is 5. The predicted molar refractivity (Wildman–Crippen MR) is 116 cm³/mol. The van der Waals surface area contributed by atoms with Gasteiger partial charge in [0.2, 0.25) is 0 Å². The minimum Gasteiger partial charge on any atom is -0.494 e. The lowest BCUT2D eigenvalue weighted by Crippen LogP contribution is -2.48. The summed E-state index contributed by atoms with van der Waals surface area (Å²) in [4.78, 5) is 21.7. The molecule has 1 aliphatic heterocycles. The number of carbonyl (C=O) groups is 1. The average molecular weight is 426 g/mol. The third kappa shape index (κ3) is 4.86. The van der Waals surface area contributed by atoms with E-state index in [2.05, 4.69) is 4.90 Å². The molecule has 3 aromatic rings. The van der Waals surface area contributed by atoms with Crippen molar-refractivity contribution in [2.24, 2.45) is 0 Å². The van der Waals surface area contributed by atoms with Gasteiger partial charge in [-0.25, -0.2) is 9.37 Å². The summed E-state index contributed by atoms with van der Waals surface area (Å²) in [5.74, 6) is 0.597. The monoisotopic (exact) mass is 425 g/mol. The van der Waals surface area contributed by atoms with Crippen LogP contribution in [0.4, 0.5) is 4.39 Å². The summed E-state index contributed by atoms with van der Waals surface area (Å²) in [6.07, 6.45) is 0. The normalized spacial score (nSPS) is 14.7. The first-order valence-electron chi connectivity index (χ1n) is 10.1. The Bertz CT molecular complexity index is 980. The summed E-state index contributed by atoms with van der Waals surface area (Å²) >= 11 is 1.61. The lowest BCUT2D eigenvalue weighted by atomic mass is 10.1. The van der Waals surface area contributed by atoms with Crippen molar-refractivity contribution in [1.29, 1.82) is 0 Å². The molecule has 1 fully saturated rings. The molecule has 0 spiro atoms. The van der Waals surface area contributed by atoms with E-state index in [1.54, 1.807) is 23.5 Å². The number of rotatable bonds is 6. The molecule has 0 unspecified atom stereocenters. The Morgan fingerprint density at radius 2 is 1.77 bits per heavy atom. The molecule has 0 aliphatic carbocycles. The molecule has 0 N–H and O–H groups in total. The third-order valence-corrected chi connectivity index (χ3v) is 5.96. The fourth-order valence-electron chi connectivity index (χ4n) is 3.48. The Morgan fingerprint density at radius 1 is 1.07 bits per heavy atom. The summed E-state index contributed by atoms with van der Waals surface area (Å²) < 4.78 is 18.5. The number of hydrogen-bond donors (Lipinski definition) is 0. The molecular weight excluding hydrogens is 401 g/mol. The first-order chi connectivity index (χ1) is 14.6. The third-order valence-electron chi connectivity index (χ3n) is 5.12. The van der Waals surface area contributed by atoms with Crippen LogP contribution in [0, 0.1) is 5.82 Å². The number of carbonyl (C=O) groups excluding carboxylic acids is 1. The van der Waals surface area contributed by atoms with E-state index in [9.17, 15) is 9.18 Å². The lowest BCUT2D eigenvalue weighted by molar-refractivity contribution is 0.0628. The van der Waals surface area contributed by atoms with Crippen molar-refractivity contribution in [1.82, 2.24) is 14.8 Å². The van der Waals surface area contributed by atoms with Crippen LogP contribution >= 0.6 is 11.3 Å². The number of halogens is 1. The number of nitrogens with zero attached hydrogens (tertiary/aromatic N) is 3. The van der Waals surface area contributed by atoms with Gasteiger partial charge in [-0.1, -0.05) is 0 Å². The second-order valence-corrected chi connectivity index (χ2v) is 8.10. The van der Waals surface area contributed by atoms with Crippen LogP contribution in [0.1, 0.15) is 22.3 Å². The molecule has 2 aromatic carbocycles. The van der Waals surface area contributed by atoms with Gasteiger partial charge in [0.1, 0.15) is 16.6 Å². The van der Waals surface area contributed by atoms with Gasteiger partial charge < -0.3 is 9.64 Å². The maximum atomic E-state index is 13.1. The second-order valence-electron chi connectivity index (χ2n) is 7.16. The molecule has 156 valence electrons. The Morgan fingerprint density at radius 3 is 2.43 bits per heavy atom. The highest BCUT2D eigenvalue weighted by Crippen LogP contribution is 2.23. The van der Waals surface area contributed by atoms with Gasteiger partial charge in [-0.3, -0.25) is 9.69 Å². The van der Waals surface area contributed by atoms with Gasteiger partial charge in [0, 0.05) is 42.7 Å². The molecule has 0 atom stereocenters. The molecule has 30 heavy (non-hydrogen) atoms. The van der Waals surface area contributed by atoms with Crippen LogP contribution in [0.15, 0.2) is 53.9 Å². The highest BCUT2D eigenvalue weighted by molar-refractivity contribution is 7.09. The molecule has 1 saturated heterocycles. The zero-order valence-electron chi connectivity index (χ0n) is 16.9. The van der Waals surface area contributed by atoms with Gasteiger partial charge in [-0.15, -0.1) is 11.3 Å². The topological polar surface area (TPSA) is 45.7 Å². The molecular formula is C23H24FN3O2S. The van der Waals surface area contributed by atoms with Crippen LogP contribution < -0.4 is 4.74 Å². The molecule has 5 nitrogen and oxygen atoms in total. The van der Waals surface area contributed by atoms with Crippen molar-refractivity contribution in [2.45, 2.75) is 13.5 Å². The smallest absolute Gasteiger partial charge is 0.253 e. The molecule has 7 heteroatoms. The van der Waals surface area contributed by atoms with Gasteiger partial charge >= 0.3 is 0 Å². The summed E-state index contributed by atoms with van der Waals surface area (Å²) in [6, 6.07) is 13.7. The minimum absolute atomic E-state index is 0.0607. The standard InChI is InChI=1S/C23H24FN3O2S/c1-2-29-20-9-5-18(6-10-20)23(28)27-13-11-26(12-14-27)15-22-25-21(16-30-22)17-3-7-19(24)8-4-17/h3-10,16H,2,11-15H2,1H3. The Hall–Kier alpha value is -2.77. The summed E-state index contributed by atoms with van der Waals surface area (Å²) in [5, 5.41) is 3.04. The molecule has 1 aromatic heterocycles. The van der Waals surface area contributed by atoms with E-state index in [4.69, 9.17) is 9.72 Å². The fourth-order valence-corrected chi connectivity index (χ4v) is 4.32. The van der Waals surface area contributed by atoms with Crippen molar-refractivity contribution < 1.29 is 13.9 Å². The van der Waals surface area contributed by atoms with E-state index in [0.717, 1.165) is 41.6 Å². The summed E-state index contributed by atoms with van der Waals surface area (Å²) in [7, 11) is 0. The minimum atomic E-state index is -0.244. The number of piperazine rings is 1. The van der Waals surface area contributed by atoms with Crippen molar-refractivity contribution in [3.8, 4) is 17.0 Å². The zero-order valence-corrected chi connectivity index (χ0v) is 17.7. The number of amides is 1. The maximum absolute atomic E-state index is 13.1. The van der Waals surface area contributed by atoms with Crippen molar-refractivity contribution in [2.75, 3.05) is 32.8 Å². The van der Waals surface area contributed by atoms with Gasteiger partial charge in [-0.05, 0) is 55.5 Å². The van der Waals surface area contributed by atoms with Gasteiger partial charge in [0.05, 0.1) is 18.8 Å². The number of ether oxygens (including phenoxy) is 1. The Labute approximate surface area is 179 Å². The molecule has 0 bridgehead atoms. The predicted octanol–water partition coefficient (Wildman–Crippen LogP) is 4.31. The van der Waals surface area contributed by atoms with E-state index in [1.807, 2.05) is 41.5 Å². The Kier molecular flexibility index (Phi) is 6.40. The van der Waals surface area contributed by atoms with Gasteiger partial charge in [-0.2, -0.15) is 0 Å². The molecule has 1 aliphatic rings. The van der Waals surface area contributed by atoms with Crippen LogP contribution in [0.25, 0.3) is 11.3 Å². The van der Waals surface area contributed by atoms with E-state index in [0.29, 0.717) is 25.3 Å². The van der Waals surface area contributed by atoms with E-state index in [1.165, 1.54) is 12.1 Å². The van der Waals surface area contributed by atoms with E-state index >= 15 is 0 Å². The summed E-state index contributed by atoms with van der Waals surface area (Å²) in [5.41, 5.74) is 2.49. The Balaban J connectivity index is 1.30.